The topological polar surface area (TPSA) is 71.6 Å². The first kappa shape index (κ1) is 20.1. The predicted molar refractivity (Wildman–Crippen MR) is 128 cm³/mol. The van der Waals surface area contributed by atoms with E-state index in [0.29, 0.717) is 24.5 Å². The number of sulfonamides is 1. The number of H-pyrrole nitrogens is 1. The molecule has 4 aromatic rings. The van der Waals surface area contributed by atoms with Gasteiger partial charge in [-0.25, -0.2) is 8.42 Å². The number of hydrogen-bond acceptors (Lipinski definition) is 4. The largest absolute Gasteiger partial charge is 0.454 e. The number of aromatic amines is 1. The van der Waals surface area contributed by atoms with Gasteiger partial charge >= 0.3 is 0 Å². The Balaban J connectivity index is 1.48. The molecule has 0 aliphatic carbocycles. The zero-order valence-corrected chi connectivity index (χ0v) is 18.6. The molecule has 6 nitrogen and oxygen atoms in total. The summed E-state index contributed by atoms with van der Waals surface area (Å²) in [4.78, 5) is 3.51. The third kappa shape index (κ3) is 3.50. The maximum absolute atomic E-state index is 13.6. The van der Waals surface area contributed by atoms with Crippen LogP contribution >= 0.6 is 0 Å². The molecule has 1 aromatic heterocycles. The molecule has 0 spiro atoms. The highest BCUT2D eigenvalue weighted by Crippen LogP contribution is 2.43. The molecule has 6 rings (SSSR count). The summed E-state index contributed by atoms with van der Waals surface area (Å²) in [6.07, 6.45) is 2.28. The van der Waals surface area contributed by atoms with Gasteiger partial charge in [-0.2, -0.15) is 4.31 Å². The van der Waals surface area contributed by atoms with Crippen LogP contribution < -0.4 is 9.47 Å². The Labute approximate surface area is 192 Å². The molecule has 0 saturated heterocycles. The molecule has 0 saturated carbocycles. The second-order valence-corrected chi connectivity index (χ2v) is 9.97. The molecule has 7 heteroatoms. The molecule has 2 aliphatic rings. The molecule has 3 aromatic carbocycles. The normalized spacial score (nSPS) is 18.1. The minimum Gasteiger partial charge on any atom is -0.454 e. The summed E-state index contributed by atoms with van der Waals surface area (Å²) in [6, 6.07) is 22.7. The van der Waals surface area contributed by atoms with E-state index in [2.05, 4.69) is 11.1 Å². The first-order chi connectivity index (χ1) is 16.1. The van der Waals surface area contributed by atoms with Gasteiger partial charge in [0.25, 0.3) is 0 Å². The lowest BCUT2D eigenvalue weighted by atomic mass is 9.94. The highest BCUT2D eigenvalue weighted by atomic mass is 32.2. The quantitative estimate of drug-likeness (QED) is 0.475. The number of para-hydroxylation sites is 1. The smallest absolute Gasteiger partial charge is 0.237 e. The fourth-order valence-corrected chi connectivity index (χ4v) is 6.07. The summed E-state index contributed by atoms with van der Waals surface area (Å²) in [5.74, 6) is 1.30. The Morgan fingerprint density at radius 1 is 0.939 bits per heavy atom. The number of hydrogen-bond donors (Lipinski definition) is 1. The van der Waals surface area contributed by atoms with Crippen LogP contribution in [0, 0.1) is 0 Å². The zero-order chi connectivity index (χ0) is 22.4. The number of nitrogens with zero attached hydrogens (tertiary/aromatic N) is 1. The Bertz CT molecular complexity index is 1470. The molecule has 0 radical (unpaired) electrons. The van der Waals surface area contributed by atoms with Gasteiger partial charge in [-0.05, 0) is 47.4 Å². The van der Waals surface area contributed by atoms with Crippen molar-refractivity contribution in [3.8, 4) is 11.5 Å². The Kier molecular flexibility index (Phi) is 4.74. The predicted octanol–water partition coefficient (Wildman–Crippen LogP) is 4.84. The summed E-state index contributed by atoms with van der Waals surface area (Å²) < 4.78 is 39.8. The number of aromatic nitrogens is 1. The van der Waals surface area contributed by atoms with Gasteiger partial charge < -0.3 is 14.5 Å². The fourth-order valence-electron chi connectivity index (χ4n) is 4.72. The van der Waals surface area contributed by atoms with E-state index in [1.54, 1.807) is 10.4 Å². The number of ether oxygens (including phenoxy) is 2. The van der Waals surface area contributed by atoms with Crippen LogP contribution in [0.2, 0.25) is 0 Å². The van der Waals surface area contributed by atoms with Crippen LogP contribution in [0.3, 0.4) is 0 Å². The molecular weight excluding hydrogens is 436 g/mol. The van der Waals surface area contributed by atoms with Crippen LogP contribution in [0.1, 0.15) is 28.4 Å². The number of benzene rings is 3. The third-order valence-corrected chi connectivity index (χ3v) is 7.79. The number of nitrogens with one attached hydrogen (secondary N) is 1. The molecular formula is C26H22N2O4S. The van der Waals surface area contributed by atoms with Gasteiger partial charge in [-0.15, -0.1) is 0 Å². The van der Waals surface area contributed by atoms with Crippen molar-refractivity contribution in [2.75, 3.05) is 13.3 Å². The fraction of sp³-hybridized carbons (Fsp3) is 0.154. The maximum atomic E-state index is 13.6. The highest BCUT2D eigenvalue weighted by Gasteiger charge is 2.38. The van der Waals surface area contributed by atoms with Crippen molar-refractivity contribution in [2.24, 2.45) is 0 Å². The molecule has 3 heterocycles. The van der Waals surface area contributed by atoms with Crippen molar-refractivity contribution in [2.45, 2.75) is 12.5 Å². The van der Waals surface area contributed by atoms with E-state index < -0.39 is 16.1 Å². The van der Waals surface area contributed by atoms with Crippen molar-refractivity contribution in [3.05, 3.63) is 101 Å². The van der Waals surface area contributed by atoms with Crippen LogP contribution in [0.25, 0.3) is 17.0 Å². The van der Waals surface area contributed by atoms with Crippen LogP contribution in [-0.2, 0) is 16.4 Å². The van der Waals surface area contributed by atoms with Gasteiger partial charge in [0.2, 0.25) is 16.8 Å². The third-order valence-electron chi connectivity index (χ3n) is 6.26. The molecule has 166 valence electrons. The lowest BCUT2D eigenvalue weighted by Crippen LogP contribution is -2.39. The van der Waals surface area contributed by atoms with Crippen LogP contribution in [0.5, 0.6) is 11.5 Å². The van der Waals surface area contributed by atoms with E-state index in [-0.39, 0.29) is 6.79 Å². The van der Waals surface area contributed by atoms with Crippen molar-refractivity contribution >= 4 is 27.0 Å². The molecule has 0 bridgehead atoms. The number of rotatable bonds is 4. The van der Waals surface area contributed by atoms with Gasteiger partial charge in [0.05, 0.1) is 6.04 Å². The van der Waals surface area contributed by atoms with E-state index in [0.717, 1.165) is 33.3 Å². The van der Waals surface area contributed by atoms with Crippen molar-refractivity contribution in [1.82, 2.24) is 9.29 Å². The van der Waals surface area contributed by atoms with Crippen LogP contribution in [0.4, 0.5) is 0 Å². The summed E-state index contributed by atoms with van der Waals surface area (Å²) in [7, 11) is -3.71. The molecule has 0 fully saturated rings. The number of fused-ring (bicyclic) bond motifs is 4. The second kappa shape index (κ2) is 7.79. The first-order valence-electron chi connectivity index (χ1n) is 10.8. The standard InChI is InChI=1S/C26H22N2O4S/c29-33(30,15-13-18-6-2-1-3-7-18)28-14-12-21-20-8-4-5-9-22(20)27-25(21)26(28)19-10-11-23-24(16-19)32-17-31-23/h1-11,13,15-16,26-27H,12,14,17H2. The summed E-state index contributed by atoms with van der Waals surface area (Å²) in [6.45, 7) is 0.554. The Morgan fingerprint density at radius 2 is 1.73 bits per heavy atom. The van der Waals surface area contributed by atoms with Gasteiger partial charge in [0.1, 0.15) is 0 Å². The molecule has 33 heavy (non-hydrogen) atoms. The van der Waals surface area contributed by atoms with E-state index in [1.807, 2.05) is 66.7 Å². The van der Waals surface area contributed by atoms with Crippen molar-refractivity contribution < 1.29 is 17.9 Å². The monoisotopic (exact) mass is 458 g/mol. The first-order valence-corrected chi connectivity index (χ1v) is 12.3. The SMILES string of the molecule is O=S(=O)(C=Cc1ccccc1)N1CCc2c([nH]c3ccccc23)C1c1ccc2c(c1)OCO2. The molecule has 1 unspecified atom stereocenters. The summed E-state index contributed by atoms with van der Waals surface area (Å²) in [5, 5.41) is 2.44. The van der Waals surface area contributed by atoms with Crippen molar-refractivity contribution in [3.63, 3.8) is 0 Å². The second-order valence-electron chi connectivity index (χ2n) is 8.20. The highest BCUT2D eigenvalue weighted by molar-refractivity contribution is 7.92. The van der Waals surface area contributed by atoms with E-state index >= 15 is 0 Å². The van der Waals surface area contributed by atoms with E-state index in [1.165, 1.54) is 5.41 Å². The minimum absolute atomic E-state index is 0.170. The average Bonchev–Trinajstić information content (AvgIpc) is 3.47. The average molecular weight is 459 g/mol. The van der Waals surface area contributed by atoms with Crippen LogP contribution in [-0.4, -0.2) is 31.0 Å². The van der Waals surface area contributed by atoms with Crippen LogP contribution in [0.15, 0.2) is 78.2 Å². The molecule has 2 aliphatic heterocycles. The summed E-state index contributed by atoms with van der Waals surface area (Å²) >= 11 is 0. The van der Waals surface area contributed by atoms with Gasteiger partial charge in [0.15, 0.2) is 11.5 Å². The Hall–Kier alpha value is -3.55. The van der Waals surface area contributed by atoms with E-state index in [9.17, 15) is 8.42 Å². The molecule has 0 amide bonds. The van der Waals surface area contributed by atoms with Gasteiger partial charge in [-0.3, -0.25) is 0 Å². The van der Waals surface area contributed by atoms with Crippen molar-refractivity contribution in [1.29, 1.82) is 0 Å². The Morgan fingerprint density at radius 3 is 2.61 bits per heavy atom. The van der Waals surface area contributed by atoms with Gasteiger partial charge in [0, 0.05) is 28.5 Å². The lowest BCUT2D eigenvalue weighted by Gasteiger charge is -2.34. The maximum Gasteiger partial charge on any atom is 0.237 e. The molecule has 1 atom stereocenters. The van der Waals surface area contributed by atoms with Gasteiger partial charge in [-0.1, -0.05) is 54.6 Å². The molecule has 1 N–H and O–H groups in total. The van der Waals surface area contributed by atoms with E-state index in [4.69, 9.17) is 9.47 Å². The zero-order valence-electron chi connectivity index (χ0n) is 17.8. The summed E-state index contributed by atoms with van der Waals surface area (Å²) in [5.41, 5.74) is 4.74. The lowest BCUT2D eigenvalue weighted by molar-refractivity contribution is 0.174. The minimum atomic E-state index is -3.71.